The van der Waals surface area contributed by atoms with E-state index in [2.05, 4.69) is 26.5 Å². The Bertz CT molecular complexity index is 1270. The molecule has 0 fully saturated rings. The molecular formula is C20H14N6O2. The van der Waals surface area contributed by atoms with Crippen molar-refractivity contribution in [2.24, 2.45) is 0 Å². The first-order valence-corrected chi connectivity index (χ1v) is 8.35. The van der Waals surface area contributed by atoms with Crippen LogP contribution in [0.25, 0.3) is 22.6 Å². The standard InChI is InChI=1S/C20H14N6O2/c1-28-20(27)14-4-2-3-5-16(14)22-8-6-17-15-12-24-19-13(10-21)11-25-26(19)18(15)7-9-23-17/h2-9,11-12,22H,1H3. The van der Waals surface area contributed by atoms with Crippen LogP contribution < -0.4 is 5.32 Å². The largest absolute Gasteiger partial charge is 0.465 e. The lowest BCUT2D eigenvalue weighted by Crippen LogP contribution is -2.04. The Labute approximate surface area is 159 Å². The molecule has 3 heterocycles. The fraction of sp³-hybridized carbons (Fsp3) is 0.0500. The first-order valence-electron chi connectivity index (χ1n) is 8.35. The maximum Gasteiger partial charge on any atom is 0.339 e. The van der Waals surface area contributed by atoms with E-state index in [1.54, 1.807) is 47.4 Å². The lowest BCUT2D eigenvalue weighted by atomic mass is 10.2. The van der Waals surface area contributed by atoms with Crippen LogP contribution in [-0.2, 0) is 4.74 Å². The number of benzene rings is 1. The van der Waals surface area contributed by atoms with Crippen molar-refractivity contribution in [1.82, 2.24) is 19.6 Å². The molecule has 0 unspecified atom stereocenters. The highest BCUT2D eigenvalue weighted by Gasteiger charge is 2.11. The van der Waals surface area contributed by atoms with Gasteiger partial charge in [0.15, 0.2) is 5.65 Å². The minimum absolute atomic E-state index is 0.414. The highest BCUT2D eigenvalue weighted by atomic mass is 16.5. The Hall–Kier alpha value is -4.25. The fourth-order valence-electron chi connectivity index (χ4n) is 2.88. The molecule has 8 heteroatoms. The molecule has 0 atom stereocenters. The monoisotopic (exact) mass is 370 g/mol. The summed E-state index contributed by atoms with van der Waals surface area (Å²) in [6, 6.07) is 11.0. The predicted octanol–water partition coefficient (Wildman–Crippen LogP) is 3.02. The molecule has 0 saturated heterocycles. The van der Waals surface area contributed by atoms with Gasteiger partial charge in [-0.25, -0.2) is 14.3 Å². The number of esters is 1. The van der Waals surface area contributed by atoms with E-state index in [1.807, 2.05) is 12.1 Å². The number of hydrogen-bond acceptors (Lipinski definition) is 7. The smallest absolute Gasteiger partial charge is 0.339 e. The Morgan fingerprint density at radius 2 is 2.11 bits per heavy atom. The topological polar surface area (TPSA) is 105 Å². The molecule has 4 aromatic rings. The number of carbonyl (C=O) groups is 1. The third-order valence-electron chi connectivity index (χ3n) is 4.22. The third-order valence-corrected chi connectivity index (χ3v) is 4.22. The van der Waals surface area contributed by atoms with Gasteiger partial charge in [0.05, 0.1) is 35.8 Å². The van der Waals surface area contributed by atoms with Gasteiger partial charge in [-0.2, -0.15) is 10.4 Å². The third kappa shape index (κ3) is 2.91. The van der Waals surface area contributed by atoms with E-state index < -0.39 is 5.97 Å². The summed E-state index contributed by atoms with van der Waals surface area (Å²) in [4.78, 5) is 20.6. The number of pyridine rings is 1. The van der Waals surface area contributed by atoms with Gasteiger partial charge in [0.2, 0.25) is 0 Å². The van der Waals surface area contributed by atoms with Crippen LogP contribution in [0.15, 0.2) is 55.1 Å². The van der Waals surface area contributed by atoms with Gasteiger partial charge < -0.3 is 10.1 Å². The number of nitrogens with one attached hydrogen (secondary N) is 1. The van der Waals surface area contributed by atoms with Crippen LogP contribution in [0, 0.1) is 11.3 Å². The summed E-state index contributed by atoms with van der Waals surface area (Å²) in [5.74, 6) is -0.418. The van der Waals surface area contributed by atoms with Crippen LogP contribution in [0.2, 0.25) is 0 Å². The van der Waals surface area contributed by atoms with Crippen molar-refractivity contribution in [2.75, 3.05) is 12.4 Å². The maximum atomic E-state index is 11.9. The fourth-order valence-corrected chi connectivity index (χ4v) is 2.88. The summed E-state index contributed by atoms with van der Waals surface area (Å²) in [5.41, 5.74) is 3.43. The number of para-hydroxylation sites is 1. The molecule has 0 amide bonds. The average Bonchev–Trinajstić information content (AvgIpc) is 3.17. The van der Waals surface area contributed by atoms with E-state index in [0.29, 0.717) is 28.2 Å². The number of anilines is 1. The number of aromatic nitrogens is 4. The molecule has 0 spiro atoms. The number of fused-ring (bicyclic) bond motifs is 3. The number of ether oxygens (including phenoxy) is 1. The molecule has 4 rings (SSSR count). The van der Waals surface area contributed by atoms with Crippen molar-refractivity contribution < 1.29 is 9.53 Å². The summed E-state index contributed by atoms with van der Waals surface area (Å²) in [5, 5.41) is 17.3. The quantitative estimate of drug-likeness (QED) is 0.550. The molecular weight excluding hydrogens is 356 g/mol. The molecule has 28 heavy (non-hydrogen) atoms. The Kier molecular flexibility index (Phi) is 4.40. The molecule has 1 aromatic carbocycles. The second-order valence-corrected chi connectivity index (χ2v) is 5.81. The van der Waals surface area contributed by atoms with Crippen molar-refractivity contribution in [1.29, 1.82) is 5.26 Å². The number of nitrogens with zero attached hydrogens (tertiary/aromatic N) is 5. The predicted molar refractivity (Wildman–Crippen MR) is 103 cm³/mol. The zero-order valence-corrected chi connectivity index (χ0v) is 14.8. The molecule has 0 aliphatic carbocycles. The highest BCUT2D eigenvalue weighted by molar-refractivity contribution is 5.96. The van der Waals surface area contributed by atoms with Crippen LogP contribution in [0.4, 0.5) is 5.69 Å². The first-order chi connectivity index (χ1) is 13.7. The summed E-state index contributed by atoms with van der Waals surface area (Å²) in [6.07, 6.45) is 8.29. The van der Waals surface area contributed by atoms with Gasteiger partial charge in [-0.15, -0.1) is 0 Å². The number of carbonyl (C=O) groups excluding carboxylic acids is 1. The number of hydrogen-bond donors (Lipinski definition) is 1. The van der Waals surface area contributed by atoms with Gasteiger partial charge in [0, 0.05) is 24.0 Å². The van der Waals surface area contributed by atoms with Crippen LogP contribution in [-0.4, -0.2) is 32.7 Å². The van der Waals surface area contributed by atoms with Crippen molar-refractivity contribution in [3.8, 4) is 6.07 Å². The maximum absolute atomic E-state index is 11.9. The van der Waals surface area contributed by atoms with Crippen LogP contribution >= 0.6 is 0 Å². The van der Waals surface area contributed by atoms with Gasteiger partial charge in [-0.1, -0.05) is 12.1 Å². The number of nitriles is 1. The van der Waals surface area contributed by atoms with Crippen molar-refractivity contribution >= 4 is 34.3 Å². The van der Waals surface area contributed by atoms with Crippen molar-refractivity contribution in [3.05, 3.63) is 71.9 Å². The average molecular weight is 370 g/mol. The Balaban J connectivity index is 1.69. The highest BCUT2D eigenvalue weighted by Crippen LogP contribution is 2.20. The van der Waals surface area contributed by atoms with E-state index in [0.717, 1.165) is 10.9 Å². The van der Waals surface area contributed by atoms with Gasteiger partial charge in [0.1, 0.15) is 11.6 Å². The van der Waals surface area contributed by atoms with E-state index in [9.17, 15) is 4.79 Å². The second-order valence-electron chi connectivity index (χ2n) is 5.81. The van der Waals surface area contributed by atoms with Gasteiger partial charge in [0.25, 0.3) is 0 Å². The minimum Gasteiger partial charge on any atom is -0.465 e. The Morgan fingerprint density at radius 3 is 2.93 bits per heavy atom. The number of methoxy groups -OCH3 is 1. The van der Waals surface area contributed by atoms with Gasteiger partial charge >= 0.3 is 5.97 Å². The summed E-state index contributed by atoms with van der Waals surface area (Å²) < 4.78 is 6.41. The van der Waals surface area contributed by atoms with Gasteiger partial charge in [-0.05, 0) is 24.3 Å². The number of rotatable bonds is 4. The molecule has 0 aliphatic heterocycles. The molecule has 3 aromatic heterocycles. The zero-order valence-electron chi connectivity index (χ0n) is 14.8. The van der Waals surface area contributed by atoms with Crippen LogP contribution in [0.1, 0.15) is 21.6 Å². The molecule has 0 aliphatic rings. The molecule has 8 nitrogen and oxygen atoms in total. The second kappa shape index (κ2) is 7.17. The molecule has 136 valence electrons. The summed E-state index contributed by atoms with van der Waals surface area (Å²) in [6.45, 7) is 0. The van der Waals surface area contributed by atoms with Gasteiger partial charge in [-0.3, -0.25) is 4.98 Å². The van der Waals surface area contributed by atoms with E-state index in [1.165, 1.54) is 13.3 Å². The molecule has 0 radical (unpaired) electrons. The van der Waals surface area contributed by atoms with Crippen LogP contribution in [0.5, 0.6) is 0 Å². The zero-order chi connectivity index (χ0) is 19.5. The molecule has 0 saturated carbocycles. The molecule has 1 N–H and O–H groups in total. The SMILES string of the molecule is COC(=O)c1ccccc1NC=Cc1nccc2c1cnc1c(C#N)cnn12. The first kappa shape index (κ1) is 17.2. The lowest BCUT2D eigenvalue weighted by molar-refractivity contribution is 0.0602. The van der Waals surface area contributed by atoms with E-state index in [-0.39, 0.29) is 0 Å². The van der Waals surface area contributed by atoms with Crippen molar-refractivity contribution in [3.63, 3.8) is 0 Å². The van der Waals surface area contributed by atoms with E-state index >= 15 is 0 Å². The Morgan fingerprint density at radius 1 is 1.25 bits per heavy atom. The lowest BCUT2D eigenvalue weighted by Gasteiger charge is -2.07. The van der Waals surface area contributed by atoms with Crippen molar-refractivity contribution in [2.45, 2.75) is 0 Å². The molecule has 0 bridgehead atoms. The summed E-state index contributed by atoms with van der Waals surface area (Å²) >= 11 is 0. The summed E-state index contributed by atoms with van der Waals surface area (Å²) in [7, 11) is 1.34. The normalized spacial score (nSPS) is 11.0. The minimum atomic E-state index is -0.418. The van der Waals surface area contributed by atoms with Crippen LogP contribution in [0.3, 0.4) is 0 Å². The van der Waals surface area contributed by atoms with E-state index in [4.69, 9.17) is 10.00 Å².